The van der Waals surface area contributed by atoms with E-state index in [1.807, 2.05) is 45.0 Å². The molecule has 2 aromatic carbocycles. The van der Waals surface area contributed by atoms with E-state index >= 15 is 0 Å². The normalized spacial score (nSPS) is 11.7. The van der Waals surface area contributed by atoms with Crippen LogP contribution in [0, 0.1) is 0 Å². The van der Waals surface area contributed by atoms with Crippen molar-refractivity contribution in [1.82, 2.24) is 5.32 Å². The number of benzene rings is 2. The third-order valence-corrected chi connectivity index (χ3v) is 4.00. The van der Waals surface area contributed by atoms with Crippen molar-refractivity contribution in [3.8, 4) is 23.0 Å². The summed E-state index contributed by atoms with van der Waals surface area (Å²) in [5, 5.41) is 2.99. The maximum absolute atomic E-state index is 12.7. The highest BCUT2D eigenvalue weighted by atomic mass is 16.5. The van der Waals surface area contributed by atoms with Gasteiger partial charge in [0.05, 0.1) is 33.5 Å². The maximum atomic E-state index is 12.7. The molecule has 0 aromatic heterocycles. The van der Waals surface area contributed by atoms with E-state index in [-0.39, 0.29) is 18.1 Å². The van der Waals surface area contributed by atoms with Gasteiger partial charge in [-0.2, -0.15) is 0 Å². The third-order valence-electron chi connectivity index (χ3n) is 4.00. The van der Waals surface area contributed by atoms with E-state index in [1.54, 1.807) is 12.1 Å². The first kappa shape index (κ1) is 20.4. The summed E-state index contributed by atoms with van der Waals surface area (Å²) in [7, 11) is 4.55. The Morgan fingerprint density at radius 3 is 2.07 bits per heavy atom. The van der Waals surface area contributed by atoms with E-state index in [2.05, 4.69) is 5.32 Å². The number of nitrogens with one attached hydrogen (secondary N) is 1. The molecular weight excluding hydrogens is 346 g/mol. The second kappa shape index (κ2) is 9.16. The molecule has 0 fully saturated rings. The zero-order valence-electron chi connectivity index (χ0n) is 16.7. The monoisotopic (exact) mass is 373 g/mol. The predicted molar refractivity (Wildman–Crippen MR) is 104 cm³/mol. The van der Waals surface area contributed by atoms with Crippen LogP contribution in [0.4, 0.5) is 0 Å². The van der Waals surface area contributed by atoms with E-state index in [0.717, 1.165) is 11.3 Å². The van der Waals surface area contributed by atoms with Crippen LogP contribution in [0.2, 0.25) is 0 Å². The van der Waals surface area contributed by atoms with E-state index in [9.17, 15) is 4.79 Å². The molecule has 2 rings (SSSR count). The summed E-state index contributed by atoms with van der Waals surface area (Å²) in [5.41, 5.74) is 1.37. The largest absolute Gasteiger partial charge is 0.493 e. The molecule has 1 amide bonds. The molecule has 0 radical (unpaired) electrons. The lowest BCUT2D eigenvalue weighted by Gasteiger charge is -2.18. The summed E-state index contributed by atoms with van der Waals surface area (Å²) in [6.45, 7) is 5.87. The Hall–Kier alpha value is -2.89. The average Bonchev–Trinajstić information content (AvgIpc) is 2.66. The molecule has 2 aromatic rings. The summed E-state index contributed by atoms with van der Waals surface area (Å²) in [6.07, 6.45) is 0.0874. The van der Waals surface area contributed by atoms with Gasteiger partial charge in [-0.05, 0) is 50.6 Å². The highest BCUT2D eigenvalue weighted by Gasteiger charge is 2.18. The molecule has 0 aliphatic heterocycles. The summed E-state index contributed by atoms with van der Waals surface area (Å²) in [4.78, 5) is 12.7. The van der Waals surface area contributed by atoms with Crippen LogP contribution in [0.3, 0.4) is 0 Å². The number of rotatable bonds is 8. The van der Waals surface area contributed by atoms with E-state index in [4.69, 9.17) is 18.9 Å². The topological polar surface area (TPSA) is 66.0 Å². The molecule has 27 heavy (non-hydrogen) atoms. The highest BCUT2D eigenvalue weighted by molar-refractivity contribution is 5.95. The Bertz CT molecular complexity index is 763. The molecule has 0 aliphatic carbocycles. The lowest BCUT2D eigenvalue weighted by molar-refractivity contribution is 0.0939. The molecule has 0 saturated carbocycles. The summed E-state index contributed by atoms with van der Waals surface area (Å²) in [5.74, 6) is 1.85. The van der Waals surface area contributed by atoms with Crippen LogP contribution in [0.25, 0.3) is 0 Å². The van der Waals surface area contributed by atoms with Gasteiger partial charge < -0.3 is 24.3 Å². The molecule has 1 atom stereocenters. The Morgan fingerprint density at radius 2 is 1.56 bits per heavy atom. The molecule has 0 bridgehead atoms. The van der Waals surface area contributed by atoms with Crippen molar-refractivity contribution in [3.05, 3.63) is 47.5 Å². The first-order valence-corrected chi connectivity index (χ1v) is 8.77. The van der Waals surface area contributed by atoms with Crippen LogP contribution in [-0.2, 0) is 0 Å². The van der Waals surface area contributed by atoms with Gasteiger partial charge in [-0.1, -0.05) is 12.1 Å². The van der Waals surface area contributed by atoms with E-state index in [0.29, 0.717) is 22.8 Å². The smallest absolute Gasteiger partial charge is 0.252 e. The lowest BCUT2D eigenvalue weighted by Crippen LogP contribution is -2.26. The lowest BCUT2D eigenvalue weighted by atomic mass is 10.1. The van der Waals surface area contributed by atoms with Crippen LogP contribution in [0.15, 0.2) is 36.4 Å². The number of amides is 1. The van der Waals surface area contributed by atoms with Crippen LogP contribution in [-0.4, -0.2) is 33.3 Å². The molecule has 0 saturated heterocycles. The van der Waals surface area contributed by atoms with Crippen molar-refractivity contribution in [2.45, 2.75) is 32.9 Å². The first-order valence-electron chi connectivity index (χ1n) is 8.77. The van der Waals surface area contributed by atoms with Crippen molar-refractivity contribution in [2.75, 3.05) is 21.3 Å². The van der Waals surface area contributed by atoms with Crippen molar-refractivity contribution in [2.24, 2.45) is 0 Å². The van der Waals surface area contributed by atoms with Crippen LogP contribution >= 0.6 is 0 Å². The zero-order valence-corrected chi connectivity index (χ0v) is 16.7. The van der Waals surface area contributed by atoms with Crippen molar-refractivity contribution >= 4 is 5.91 Å². The fourth-order valence-corrected chi connectivity index (χ4v) is 2.70. The quantitative estimate of drug-likeness (QED) is 0.758. The minimum absolute atomic E-state index is 0.0874. The Morgan fingerprint density at radius 1 is 0.926 bits per heavy atom. The number of methoxy groups -OCH3 is 3. The fraction of sp³-hybridized carbons (Fsp3) is 0.381. The minimum atomic E-state index is -0.239. The average molecular weight is 373 g/mol. The van der Waals surface area contributed by atoms with Crippen molar-refractivity contribution in [1.29, 1.82) is 0 Å². The zero-order chi connectivity index (χ0) is 20.0. The van der Waals surface area contributed by atoms with Gasteiger partial charge in [-0.15, -0.1) is 0 Å². The Kier molecular flexibility index (Phi) is 6.93. The first-order chi connectivity index (χ1) is 12.9. The number of hydrogen-bond donors (Lipinski definition) is 1. The molecule has 146 valence electrons. The Labute approximate surface area is 160 Å². The molecule has 6 heteroatoms. The standard InChI is InChI=1S/C21H27NO5/c1-13(2)27-17-9-7-8-15(10-17)14(3)22-21(23)16-11-18(24-4)20(26-6)19(12-16)25-5/h7-14H,1-6H3,(H,22,23). The van der Waals surface area contributed by atoms with Gasteiger partial charge in [0.1, 0.15) is 5.75 Å². The van der Waals surface area contributed by atoms with Crippen LogP contribution < -0.4 is 24.3 Å². The molecule has 1 unspecified atom stereocenters. The van der Waals surface area contributed by atoms with Crippen LogP contribution in [0.5, 0.6) is 23.0 Å². The molecule has 1 N–H and O–H groups in total. The molecule has 0 spiro atoms. The number of hydrogen-bond acceptors (Lipinski definition) is 5. The van der Waals surface area contributed by atoms with E-state index < -0.39 is 0 Å². The number of ether oxygens (including phenoxy) is 4. The summed E-state index contributed by atoms with van der Waals surface area (Å²) >= 11 is 0. The molecule has 0 aliphatic rings. The minimum Gasteiger partial charge on any atom is -0.493 e. The summed E-state index contributed by atoms with van der Waals surface area (Å²) in [6, 6.07) is 10.7. The van der Waals surface area contributed by atoms with Gasteiger partial charge in [0.15, 0.2) is 11.5 Å². The van der Waals surface area contributed by atoms with Crippen molar-refractivity contribution in [3.63, 3.8) is 0 Å². The fourth-order valence-electron chi connectivity index (χ4n) is 2.70. The molecule has 6 nitrogen and oxygen atoms in total. The van der Waals surface area contributed by atoms with Gasteiger partial charge in [0, 0.05) is 5.56 Å². The number of carbonyl (C=O) groups excluding carboxylic acids is 1. The van der Waals surface area contributed by atoms with Gasteiger partial charge in [0.2, 0.25) is 5.75 Å². The van der Waals surface area contributed by atoms with Crippen molar-refractivity contribution < 1.29 is 23.7 Å². The van der Waals surface area contributed by atoms with E-state index in [1.165, 1.54) is 21.3 Å². The van der Waals surface area contributed by atoms with Gasteiger partial charge in [0.25, 0.3) is 5.91 Å². The summed E-state index contributed by atoms with van der Waals surface area (Å²) < 4.78 is 21.6. The van der Waals surface area contributed by atoms with Crippen LogP contribution in [0.1, 0.15) is 42.7 Å². The van der Waals surface area contributed by atoms with Gasteiger partial charge in [-0.25, -0.2) is 0 Å². The SMILES string of the molecule is COc1cc(C(=O)NC(C)c2cccc(OC(C)C)c2)cc(OC)c1OC. The third kappa shape index (κ3) is 5.06. The molecule has 0 heterocycles. The predicted octanol–water partition coefficient (Wildman–Crippen LogP) is 3.99. The second-order valence-electron chi connectivity index (χ2n) is 6.35. The second-order valence-corrected chi connectivity index (χ2v) is 6.35. The Balaban J connectivity index is 2.21. The van der Waals surface area contributed by atoms with Gasteiger partial charge >= 0.3 is 0 Å². The molecular formula is C21H27NO5. The van der Waals surface area contributed by atoms with Gasteiger partial charge in [-0.3, -0.25) is 4.79 Å². The maximum Gasteiger partial charge on any atom is 0.252 e. The highest BCUT2D eigenvalue weighted by Crippen LogP contribution is 2.38. The number of carbonyl (C=O) groups is 1.